The number of hydrogen-bond donors (Lipinski definition) is 2. The number of rotatable bonds is 6. The summed E-state index contributed by atoms with van der Waals surface area (Å²) in [6, 6.07) is 2.11. The molecule has 0 saturated heterocycles. The second-order valence-corrected chi connectivity index (χ2v) is 7.36. The van der Waals surface area contributed by atoms with Crippen molar-refractivity contribution in [2.45, 2.75) is 38.8 Å². The molecule has 1 amide bonds. The van der Waals surface area contributed by atoms with E-state index in [1.807, 2.05) is 4.68 Å². The molecule has 27 heavy (non-hydrogen) atoms. The van der Waals surface area contributed by atoms with Crippen molar-refractivity contribution in [3.05, 3.63) is 28.6 Å². The van der Waals surface area contributed by atoms with Gasteiger partial charge in [-0.1, -0.05) is 11.8 Å². The van der Waals surface area contributed by atoms with E-state index in [0.717, 1.165) is 56.4 Å². The van der Waals surface area contributed by atoms with Crippen molar-refractivity contribution in [1.82, 2.24) is 25.3 Å². The summed E-state index contributed by atoms with van der Waals surface area (Å²) in [4.78, 5) is 18.9. The van der Waals surface area contributed by atoms with Gasteiger partial charge >= 0.3 is 0 Å². The van der Waals surface area contributed by atoms with E-state index in [-0.39, 0.29) is 30.7 Å². The summed E-state index contributed by atoms with van der Waals surface area (Å²) < 4.78 is 2.05. The Morgan fingerprint density at radius 2 is 2.19 bits per heavy atom. The van der Waals surface area contributed by atoms with E-state index in [2.05, 4.69) is 37.1 Å². The maximum Gasteiger partial charge on any atom is 0.220 e. The number of carbonyl (C=O) groups is 1. The lowest BCUT2D eigenvalue weighted by atomic mass is 10.2. The van der Waals surface area contributed by atoms with Gasteiger partial charge in [0.15, 0.2) is 5.17 Å². The molecular formula is C17H26Cl2N6OS. The smallest absolute Gasteiger partial charge is 0.220 e. The van der Waals surface area contributed by atoms with Crippen LogP contribution in [0.1, 0.15) is 30.7 Å². The molecule has 0 unspecified atom stereocenters. The fraction of sp³-hybridized carbons (Fsp3) is 0.588. The largest absolute Gasteiger partial charge is 0.356 e. The van der Waals surface area contributed by atoms with Crippen LogP contribution in [0.4, 0.5) is 0 Å². The number of halogens is 2. The number of amidine groups is 1. The number of thioether (sulfide) groups is 1. The number of nitrogens with one attached hydrogen (secondary N) is 2. The summed E-state index contributed by atoms with van der Waals surface area (Å²) in [5.41, 5.74) is 3.50. The monoisotopic (exact) mass is 432 g/mol. The van der Waals surface area contributed by atoms with E-state index < -0.39 is 0 Å². The molecule has 1 aromatic heterocycles. The summed E-state index contributed by atoms with van der Waals surface area (Å²) >= 11 is 1.70. The van der Waals surface area contributed by atoms with Crippen molar-refractivity contribution in [2.75, 3.05) is 26.2 Å². The predicted molar refractivity (Wildman–Crippen MR) is 114 cm³/mol. The maximum absolute atomic E-state index is 12.1. The number of nitrogens with zero attached hydrogens (tertiary/aromatic N) is 4. The van der Waals surface area contributed by atoms with E-state index in [9.17, 15) is 4.79 Å². The fourth-order valence-corrected chi connectivity index (χ4v) is 4.35. The van der Waals surface area contributed by atoms with Crippen molar-refractivity contribution >= 4 is 47.7 Å². The lowest BCUT2D eigenvalue weighted by Crippen LogP contribution is -2.32. The first-order chi connectivity index (χ1) is 12.3. The first kappa shape index (κ1) is 22.1. The Kier molecular flexibility index (Phi) is 8.47. The van der Waals surface area contributed by atoms with Gasteiger partial charge in [0, 0.05) is 57.7 Å². The Bertz CT molecular complexity index is 697. The zero-order valence-electron chi connectivity index (χ0n) is 15.1. The molecule has 2 N–H and O–H groups in total. The average molecular weight is 433 g/mol. The van der Waals surface area contributed by atoms with Gasteiger partial charge in [0.25, 0.3) is 0 Å². The molecule has 0 radical (unpaired) electrons. The van der Waals surface area contributed by atoms with Gasteiger partial charge in [0.1, 0.15) is 0 Å². The number of hydrogen-bond acceptors (Lipinski definition) is 6. The highest BCUT2D eigenvalue weighted by molar-refractivity contribution is 8.16. The third kappa shape index (κ3) is 5.40. The Hall–Kier alpha value is -1.22. The molecule has 0 bridgehead atoms. The number of aromatic nitrogens is 2. The topological polar surface area (TPSA) is 74.5 Å². The maximum atomic E-state index is 12.1. The van der Waals surface area contributed by atoms with Crippen molar-refractivity contribution in [1.29, 1.82) is 0 Å². The normalized spacial score (nSPS) is 17.7. The number of aryl methyl sites for hydroxylation is 1. The van der Waals surface area contributed by atoms with Crippen LogP contribution in [0.2, 0.25) is 0 Å². The van der Waals surface area contributed by atoms with Crippen LogP contribution in [-0.2, 0) is 24.3 Å². The van der Waals surface area contributed by atoms with Crippen LogP contribution >= 0.6 is 36.6 Å². The van der Waals surface area contributed by atoms with Crippen LogP contribution < -0.4 is 10.6 Å². The lowest BCUT2D eigenvalue weighted by molar-refractivity contribution is -0.121. The van der Waals surface area contributed by atoms with Crippen LogP contribution in [0.5, 0.6) is 0 Å². The third-order valence-electron chi connectivity index (χ3n) is 4.70. The minimum absolute atomic E-state index is 0. The van der Waals surface area contributed by atoms with E-state index in [1.165, 1.54) is 11.4 Å². The number of aliphatic imine (C=N–C) groups is 1. The summed E-state index contributed by atoms with van der Waals surface area (Å²) in [5, 5.41) is 14.2. The lowest BCUT2D eigenvalue weighted by Gasteiger charge is -2.25. The first-order valence-electron chi connectivity index (χ1n) is 9.00. The SMILES string of the molecule is Cl.Cl.O=C(CCc1cc2n(n1)CCNC2)NCCC1=CSC2=NCCCN12. The molecule has 4 rings (SSSR count). The molecule has 4 heterocycles. The fourth-order valence-electron chi connectivity index (χ4n) is 3.36. The second-order valence-electron chi connectivity index (χ2n) is 6.52. The summed E-state index contributed by atoms with van der Waals surface area (Å²) in [6.45, 7) is 5.41. The molecule has 0 spiro atoms. The summed E-state index contributed by atoms with van der Waals surface area (Å²) in [5.74, 6) is 0.0999. The van der Waals surface area contributed by atoms with Crippen LogP contribution in [-0.4, -0.2) is 51.9 Å². The van der Waals surface area contributed by atoms with Crippen molar-refractivity contribution in [3.8, 4) is 0 Å². The van der Waals surface area contributed by atoms with Gasteiger partial charge < -0.3 is 15.5 Å². The van der Waals surface area contributed by atoms with Gasteiger partial charge in [-0.25, -0.2) is 0 Å². The van der Waals surface area contributed by atoms with Crippen molar-refractivity contribution in [3.63, 3.8) is 0 Å². The Morgan fingerprint density at radius 1 is 1.30 bits per heavy atom. The highest BCUT2D eigenvalue weighted by Crippen LogP contribution is 2.30. The van der Waals surface area contributed by atoms with Crippen molar-refractivity contribution in [2.24, 2.45) is 4.99 Å². The van der Waals surface area contributed by atoms with Crippen molar-refractivity contribution < 1.29 is 4.79 Å². The molecule has 10 heteroatoms. The van der Waals surface area contributed by atoms with Crippen LogP contribution in [0.15, 0.2) is 22.2 Å². The quantitative estimate of drug-likeness (QED) is 0.717. The highest BCUT2D eigenvalue weighted by Gasteiger charge is 2.24. The molecule has 0 aliphatic carbocycles. The van der Waals surface area contributed by atoms with E-state index in [4.69, 9.17) is 0 Å². The Morgan fingerprint density at radius 3 is 3.04 bits per heavy atom. The molecular weight excluding hydrogens is 407 g/mol. The van der Waals surface area contributed by atoms with Gasteiger partial charge in [0.2, 0.25) is 5.91 Å². The number of amides is 1. The molecule has 0 saturated carbocycles. The van der Waals surface area contributed by atoms with Crippen LogP contribution in [0.3, 0.4) is 0 Å². The van der Waals surface area contributed by atoms with Gasteiger partial charge in [0.05, 0.1) is 17.9 Å². The number of fused-ring (bicyclic) bond motifs is 2. The van der Waals surface area contributed by atoms with Gasteiger partial charge in [-0.15, -0.1) is 24.8 Å². The average Bonchev–Trinajstić information content (AvgIpc) is 3.24. The zero-order chi connectivity index (χ0) is 17.1. The predicted octanol–water partition coefficient (Wildman–Crippen LogP) is 1.92. The molecule has 1 aromatic rings. The van der Waals surface area contributed by atoms with E-state index >= 15 is 0 Å². The Labute approximate surface area is 176 Å². The molecule has 150 valence electrons. The van der Waals surface area contributed by atoms with Crippen LogP contribution in [0, 0.1) is 0 Å². The third-order valence-corrected chi connectivity index (χ3v) is 5.65. The first-order valence-corrected chi connectivity index (χ1v) is 9.88. The molecule has 3 aliphatic heterocycles. The van der Waals surface area contributed by atoms with Gasteiger partial charge in [-0.05, 0) is 17.9 Å². The molecule has 0 aromatic carbocycles. The van der Waals surface area contributed by atoms with Gasteiger partial charge in [-0.2, -0.15) is 5.10 Å². The van der Waals surface area contributed by atoms with Crippen LogP contribution in [0.25, 0.3) is 0 Å². The molecule has 0 fully saturated rings. The standard InChI is InChI=1S/C17H24N6OS.2ClH/c24-16(3-2-13-10-15-11-18-7-9-23(15)21-13)19-6-4-14-12-25-17-20-5-1-8-22(14)17;;/h10,12,18H,1-9,11H2,(H,19,24);2*1H. The zero-order valence-corrected chi connectivity index (χ0v) is 17.6. The van der Waals surface area contributed by atoms with E-state index in [1.54, 1.807) is 11.8 Å². The van der Waals surface area contributed by atoms with E-state index in [0.29, 0.717) is 19.4 Å². The minimum atomic E-state index is 0. The molecule has 0 atom stereocenters. The van der Waals surface area contributed by atoms with Gasteiger partial charge in [-0.3, -0.25) is 14.5 Å². The highest BCUT2D eigenvalue weighted by atomic mass is 35.5. The Balaban J connectivity index is 0.00000131. The minimum Gasteiger partial charge on any atom is -0.356 e. The second kappa shape index (κ2) is 10.4. The number of carbonyl (C=O) groups excluding carboxylic acids is 1. The molecule has 3 aliphatic rings. The summed E-state index contributed by atoms with van der Waals surface area (Å²) in [7, 11) is 0. The summed E-state index contributed by atoms with van der Waals surface area (Å²) in [6.07, 6.45) is 3.17. The molecule has 7 nitrogen and oxygen atoms in total.